The maximum absolute atomic E-state index is 12.8. The van der Waals surface area contributed by atoms with Gasteiger partial charge in [0.1, 0.15) is 5.82 Å². The highest BCUT2D eigenvalue weighted by Gasteiger charge is 2.05. The first-order valence-electron chi connectivity index (χ1n) is 7.87. The maximum Gasteiger partial charge on any atom is 0.319 e. The second kappa shape index (κ2) is 9.22. The van der Waals surface area contributed by atoms with Gasteiger partial charge in [-0.3, -0.25) is 4.79 Å². The Balaban J connectivity index is 1.77. The normalized spacial score (nSPS) is 9.96. The Kier molecular flexibility index (Phi) is 6.71. The molecule has 5 nitrogen and oxygen atoms in total. The van der Waals surface area contributed by atoms with Crippen molar-refractivity contribution in [3.63, 3.8) is 0 Å². The molecule has 3 amide bonds. The van der Waals surface area contributed by atoms with E-state index in [1.807, 2.05) is 0 Å². The molecular formula is C19H20FN3O2. The first-order chi connectivity index (χ1) is 12.1. The summed E-state index contributed by atoms with van der Waals surface area (Å²) in [6.07, 6.45) is 2.21. The Labute approximate surface area is 145 Å². The lowest BCUT2D eigenvalue weighted by atomic mass is 10.1. The molecule has 0 fully saturated rings. The van der Waals surface area contributed by atoms with Crippen molar-refractivity contribution in [1.82, 2.24) is 10.6 Å². The molecule has 2 aromatic rings. The lowest BCUT2D eigenvalue weighted by Gasteiger charge is -2.08. The SMILES string of the molecule is C=CCNC(=O)c1ccc(NC(=O)NCCc2ccc(F)cc2)cc1. The van der Waals surface area contributed by atoms with Crippen LogP contribution in [0.25, 0.3) is 0 Å². The van der Waals surface area contributed by atoms with Crippen LogP contribution < -0.4 is 16.0 Å². The average molecular weight is 341 g/mol. The summed E-state index contributed by atoms with van der Waals surface area (Å²) in [5.41, 5.74) is 2.03. The van der Waals surface area contributed by atoms with Gasteiger partial charge in [-0.1, -0.05) is 18.2 Å². The van der Waals surface area contributed by atoms with Crippen LogP contribution in [-0.4, -0.2) is 25.0 Å². The van der Waals surface area contributed by atoms with E-state index in [4.69, 9.17) is 0 Å². The molecular weight excluding hydrogens is 321 g/mol. The van der Waals surface area contributed by atoms with E-state index in [1.54, 1.807) is 42.5 Å². The quantitative estimate of drug-likeness (QED) is 0.677. The van der Waals surface area contributed by atoms with Gasteiger partial charge in [-0.2, -0.15) is 0 Å². The number of carbonyl (C=O) groups excluding carboxylic acids is 2. The van der Waals surface area contributed by atoms with E-state index in [0.29, 0.717) is 30.8 Å². The van der Waals surface area contributed by atoms with Crippen LogP contribution >= 0.6 is 0 Å². The number of nitrogens with one attached hydrogen (secondary N) is 3. The zero-order chi connectivity index (χ0) is 18.1. The van der Waals surface area contributed by atoms with Crippen molar-refractivity contribution in [3.8, 4) is 0 Å². The van der Waals surface area contributed by atoms with Crippen LogP contribution in [0.1, 0.15) is 15.9 Å². The highest BCUT2D eigenvalue weighted by atomic mass is 19.1. The van der Waals surface area contributed by atoms with Crippen molar-refractivity contribution in [2.45, 2.75) is 6.42 Å². The van der Waals surface area contributed by atoms with Gasteiger partial charge in [-0.15, -0.1) is 6.58 Å². The number of benzene rings is 2. The van der Waals surface area contributed by atoms with Gasteiger partial charge in [0, 0.05) is 24.3 Å². The highest BCUT2D eigenvalue weighted by molar-refractivity contribution is 5.95. The number of amides is 3. The van der Waals surface area contributed by atoms with Gasteiger partial charge in [0.2, 0.25) is 0 Å². The Bertz CT molecular complexity index is 727. The van der Waals surface area contributed by atoms with Crippen molar-refractivity contribution >= 4 is 17.6 Å². The molecule has 0 unspecified atom stereocenters. The van der Waals surface area contributed by atoms with Gasteiger partial charge in [-0.05, 0) is 48.4 Å². The zero-order valence-electron chi connectivity index (χ0n) is 13.7. The molecule has 0 radical (unpaired) electrons. The van der Waals surface area contributed by atoms with Crippen molar-refractivity contribution in [2.75, 3.05) is 18.4 Å². The monoisotopic (exact) mass is 341 g/mol. The summed E-state index contributed by atoms with van der Waals surface area (Å²) < 4.78 is 12.8. The Morgan fingerprint density at radius 3 is 2.32 bits per heavy atom. The molecule has 0 aliphatic heterocycles. The van der Waals surface area contributed by atoms with Crippen LogP contribution in [0.15, 0.2) is 61.2 Å². The molecule has 25 heavy (non-hydrogen) atoms. The van der Waals surface area contributed by atoms with E-state index in [-0.39, 0.29) is 17.8 Å². The largest absolute Gasteiger partial charge is 0.349 e. The fourth-order valence-corrected chi connectivity index (χ4v) is 2.12. The van der Waals surface area contributed by atoms with Crippen molar-refractivity contribution in [1.29, 1.82) is 0 Å². The molecule has 2 rings (SSSR count). The second-order valence-corrected chi connectivity index (χ2v) is 5.33. The first-order valence-corrected chi connectivity index (χ1v) is 7.87. The summed E-state index contributed by atoms with van der Waals surface area (Å²) in [6.45, 7) is 4.36. The lowest BCUT2D eigenvalue weighted by molar-refractivity contribution is 0.0958. The van der Waals surface area contributed by atoms with E-state index in [0.717, 1.165) is 5.56 Å². The van der Waals surface area contributed by atoms with E-state index in [1.165, 1.54) is 12.1 Å². The third-order valence-corrected chi connectivity index (χ3v) is 3.42. The molecule has 0 aliphatic rings. The summed E-state index contributed by atoms with van der Waals surface area (Å²) >= 11 is 0. The van der Waals surface area contributed by atoms with E-state index < -0.39 is 0 Å². The number of hydrogen-bond acceptors (Lipinski definition) is 2. The molecule has 0 saturated carbocycles. The fourth-order valence-electron chi connectivity index (χ4n) is 2.12. The minimum Gasteiger partial charge on any atom is -0.349 e. The van der Waals surface area contributed by atoms with Gasteiger partial charge in [0.25, 0.3) is 5.91 Å². The average Bonchev–Trinajstić information content (AvgIpc) is 2.62. The van der Waals surface area contributed by atoms with Crippen LogP contribution in [-0.2, 0) is 6.42 Å². The van der Waals surface area contributed by atoms with Gasteiger partial charge in [0.05, 0.1) is 0 Å². The maximum atomic E-state index is 12.8. The first kappa shape index (κ1) is 18.2. The minimum atomic E-state index is -0.342. The standard InChI is InChI=1S/C19H20FN3O2/c1-2-12-21-18(24)15-5-9-17(10-6-15)23-19(25)22-13-11-14-3-7-16(20)8-4-14/h2-10H,1,11-13H2,(H,21,24)(H2,22,23,25). The van der Waals surface area contributed by atoms with Crippen LogP contribution in [0, 0.1) is 5.82 Å². The number of urea groups is 1. The summed E-state index contributed by atoms with van der Waals surface area (Å²) in [5.74, 6) is -0.480. The number of carbonyl (C=O) groups is 2. The fraction of sp³-hybridized carbons (Fsp3) is 0.158. The molecule has 0 bridgehead atoms. The lowest BCUT2D eigenvalue weighted by Crippen LogP contribution is -2.30. The van der Waals surface area contributed by atoms with E-state index in [9.17, 15) is 14.0 Å². The molecule has 3 N–H and O–H groups in total. The number of halogens is 1. The Morgan fingerprint density at radius 1 is 1.00 bits per heavy atom. The van der Waals surface area contributed by atoms with Gasteiger partial charge in [-0.25, -0.2) is 9.18 Å². The molecule has 0 heterocycles. The zero-order valence-corrected chi connectivity index (χ0v) is 13.7. The predicted molar refractivity (Wildman–Crippen MR) is 96.1 cm³/mol. The molecule has 0 saturated heterocycles. The number of anilines is 1. The van der Waals surface area contributed by atoms with Gasteiger partial charge >= 0.3 is 6.03 Å². The Morgan fingerprint density at radius 2 is 1.68 bits per heavy atom. The minimum absolute atomic E-state index is 0.199. The third-order valence-electron chi connectivity index (χ3n) is 3.42. The predicted octanol–water partition coefficient (Wildman–Crippen LogP) is 3.11. The molecule has 2 aromatic carbocycles. The summed E-state index contributed by atoms with van der Waals surface area (Å²) in [5, 5.41) is 8.09. The molecule has 0 aromatic heterocycles. The van der Waals surface area contributed by atoms with E-state index >= 15 is 0 Å². The summed E-state index contributed by atoms with van der Waals surface area (Å²) in [6, 6.07) is 12.4. The van der Waals surface area contributed by atoms with Gasteiger partial charge in [0.15, 0.2) is 0 Å². The molecule has 6 heteroatoms. The summed E-state index contributed by atoms with van der Waals surface area (Å²) in [7, 11) is 0. The molecule has 0 atom stereocenters. The van der Waals surface area contributed by atoms with Crippen molar-refractivity contribution in [3.05, 3.63) is 78.1 Å². The van der Waals surface area contributed by atoms with Crippen molar-refractivity contribution in [2.24, 2.45) is 0 Å². The molecule has 0 aliphatic carbocycles. The number of rotatable bonds is 7. The summed E-state index contributed by atoms with van der Waals surface area (Å²) in [4.78, 5) is 23.6. The third kappa shape index (κ3) is 6.10. The molecule has 130 valence electrons. The van der Waals surface area contributed by atoms with Crippen molar-refractivity contribution < 1.29 is 14.0 Å². The van der Waals surface area contributed by atoms with Crippen LogP contribution in [0.2, 0.25) is 0 Å². The Hall–Kier alpha value is -3.15. The number of hydrogen-bond donors (Lipinski definition) is 3. The van der Waals surface area contributed by atoms with Crippen LogP contribution in [0.3, 0.4) is 0 Å². The highest BCUT2D eigenvalue weighted by Crippen LogP contribution is 2.09. The topological polar surface area (TPSA) is 70.2 Å². The van der Waals surface area contributed by atoms with E-state index in [2.05, 4.69) is 22.5 Å². The van der Waals surface area contributed by atoms with Crippen LogP contribution in [0.5, 0.6) is 0 Å². The van der Waals surface area contributed by atoms with Crippen LogP contribution in [0.4, 0.5) is 14.9 Å². The van der Waals surface area contributed by atoms with Gasteiger partial charge < -0.3 is 16.0 Å². The molecule has 0 spiro atoms. The second-order valence-electron chi connectivity index (χ2n) is 5.33. The smallest absolute Gasteiger partial charge is 0.319 e.